The lowest BCUT2D eigenvalue weighted by molar-refractivity contribution is 0.00992. The molecule has 4 heterocycles. The summed E-state index contributed by atoms with van der Waals surface area (Å²) < 4.78 is 5.54. The molecule has 0 radical (unpaired) electrons. The van der Waals surface area contributed by atoms with Crippen LogP contribution in [0.2, 0.25) is 0 Å². The molecule has 3 aliphatic rings. The van der Waals surface area contributed by atoms with Gasteiger partial charge in [-0.25, -0.2) is 0 Å². The highest BCUT2D eigenvalue weighted by atomic mass is 16.5. The number of pyridine rings is 1. The van der Waals surface area contributed by atoms with Crippen molar-refractivity contribution in [1.82, 2.24) is 14.8 Å². The summed E-state index contributed by atoms with van der Waals surface area (Å²) in [6.45, 7) is 5.93. The Balaban J connectivity index is 1.39. The fourth-order valence-corrected chi connectivity index (χ4v) is 4.63. The van der Waals surface area contributed by atoms with E-state index in [1.165, 1.54) is 25.7 Å². The number of likely N-dealkylation sites (tertiary alicyclic amines) is 2. The number of nitrogens with zero attached hydrogens (tertiary/aromatic N) is 3. The van der Waals surface area contributed by atoms with Crippen LogP contribution in [0.25, 0.3) is 0 Å². The first-order chi connectivity index (χ1) is 11.8. The number of hydrogen-bond donors (Lipinski definition) is 0. The zero-order valence-corrected chi connectivity index (χ0v) is 14.3. The number of aromatic nitrogens is 1. The first-order valence-corrected chi connectivity index (χ1v) is 9.27. The third kappa shape index (κ3) is 3.20. The molecule has 0 aromatic carbocycles. The van der Waals surface area contributed by atoms with Gasteiger partial charge in [0.1, 0.15) is 0 Å². The average Bonchev–Trinajstić information content (AvgIpc) is 3.17. The molecule has 1 aromatic heterocycles. The van der Waals surface area contributed by atoms with Crippen LogP contribution < -0.4 is 0 Å². The SMILES string of the molecule is O=C(c1cccnc1)N1CCCC2(CCN([C@@H]3CCOC3)CC2)C1. The Labute approximate surface area is 144 Å². The maximum Gasteiger partial charge on any atom is 0.255 e. The van der Waals surface area contributed by atoms with Gasteiger partial charge < -0.3 is 9.64 Å². The van der Waals surface area contributed by atoms with Crippen molar-refractivity contribution >= 4 is 5.91 Å². The molecule has 1 atom stereocenters. The summed E-state index contributed by atoms with van der Waals surface area (Å²) in [7, 11) is 0. The van der Waals surface area contributed by atoms with Crippen molar-refractivity contribution in [2.45, 2.75) is 38.1 Å². The number of carbonyl (C=O) groups excluding carboxylic acids is 1. The summed E-state index contributed by atoms with van der Waals surface area (Å²) in [6.07, 6.45) is 9.39. The fraction of sp³-hybridized carbons (Fsp3) is 0.684. The third-order valence-electron chi connectivity index (χ3n) is 6.14. The zero-order chi connectivity index (χ0) is 16.4. The molecular formula is C19H27N3O2. The molecule has 3 fully saturated rings. The van der Waals surface area contributed by atoms with Crippen LogP contribution in [-0.4, -0.2) is 66.1 Å². The standard InChI is InChI=1S/C19H27N3O2/c23-18(16-3-1-8-20-13-16)22-9-2-5-19(15-22)6-10-21(11-7-19)17-4-12-24-14-17/h1,3,8,13,17H,2,4-7,9-12,14-15H2/t17-/m1/s1. The summed E-state index contributed by atoms with van der Waals surface area (Å²) in [5.74, 6) is 0.147. The van der Waals surface area contributed by atoms with Crippen molar-refractivity contribution in [2.75, 3.05) is 39.4 Å². The van der Waals surface area contributed by atoms with E-state index in [1.54, 1.807) is 12.4 Å². The van der Waals surface area contributed by atoms with Crippen LogP contribution >= 0.6 is 0 Å². The monoisotopic (exact) mass is 329 g/mol. The molecule has 0 bridgehead atoms. The quantitative estimate of drug-likeness (QED) is 0.834. The molecule has 5 nitrogen and oxygen atoms in total. The molecule has 0 aliphatic carbocycles. The molecule has 5 heteroatoms. The van der Waals surface area contributed by atoms with E-state index in [2.05, 4.69) is 14.8 Å². The number of amides is 1. The van der Waals surface area contributed by atoms with Gasteiger partial charge in [0.25, 0.3) is 5.91 Å². The zero-order valence-electron chi connectivity index (χ0n) is 14.3. The molecule has 1 amide bonds. The van der Waals surface area contributed by atoms with Crippen LogP contribution in [0.1, 0.15) is 42.5 Å². The number of piperidine rings is 2. The van der Waals surface area contributed by atoms with Gasteiger partial charge in [0, 0.05) is 38.1 Å². The lowest BCUT2D eigenvalue weighted by Gasteiger charge is -2.48. The third-order valence-corrected chi connectivity index (χ3v) is 6.14. The molecule has 0 N–H and O–H groups in total. The van der Waals surface area contributed by atoms with Gasteiger partial charge in [0.2, 0.25) is 0 Å². The van der Waals surface area contributed by atoms with Gasteiger partial charge in [-0.05, 0) is 62.7 Å². The van der Waals surface area contributed by atoms with Crippen molar-refractivity contribution in [2.24, 2.45) is 5.41 Å². The number of ether oxygens (including phenoxy) is 1. The predicted molar refractivity (Wildman–Crippen MR) is 91.8 cm³/mol. The molecule has 24 heavy (non-hydrogen) atoms. The Morgan fingerprint density at radius 3 is 2.83 bits per heavy atom. The molecule has 3 saturated heterocycles. The number of carbonyl (C=O) groups is 1. The Bertz CT molecular complexity index is 563. The highest BCUT2D eigenvalue weighted by molar-refractivity contribution is 5.93. The molecular weight excluding hydrogens is 302 g/mol. The summed E-state index contributed by atoms with van der Waals surface area (Å²) >= 11 is 0. The van der Waals surface area contributed by atoms with E-state index in [1.807, 2.05) is 12.1 Å². The summed E-state index contributed by atoms with van der Waals surface area (Å²) in [4.78, 5) is 21.5. The van der Waals surface area contributed by atoms with Crippen molar-refractivity contribution in [3.8, 4) is 0 Å². The maximum atomic E-state index is 12.8. The van der Waals surface area contributed by atoms with E-state index >= 15 is 0 Å². The van der Waals surface area contributed by atoms with Crippen LogP contribution in [-0.2, 0) is 4.74 Å². The van der Waals surface area contributed by atoms with Crippen molar-refractivity contribution in [1.29, 1.82) is 0 Å². The Morgan fingerprint density at radius 1 is 1.25 bits per heavy atom. The second kappa shape index (κ2) is 6.81. The smallest absolute Gasteiger partial charge is 0.255 e. The highest BCUT2D eigenvalue weighted by Gasteiger charge is 2.41. The normalized spacial score (nSPS) is 27.5. The first-order valence-electron chi connectivity index (χ1n) is 9.27. The van der Waals surface area contributed by atoms with Gasteiger partial charge in [0.05, 0.1) is 12.2 Å². The molecule has 0 unspecified atom stereocenters. The molecule has 1 spiro atoms. The molecule has 1 aromatic rings. The summed E-state index contributed by atoms with van der Waals surface area (Å²) in [6, 6.07) is 4.34. The molecule has 3 aliphatic heterocycles. The molecule has 130 valence electrons. The largest absolute Gasteiger partial charge is 0.380 e. The minimum Gasteiger partial charge on any atom is -0.380 e. The van der Waals surface area contributed by atoms with E-state index in [-0.39, 0.29) is 5.91 Å². The average molecular weight is 329 g/mol. The van der Waals surface area contributed by atoms with Crippen LogP contribution in [0.4, 0.5) is 0 Å². The van der Waals surface area contributed by atoms with Gasteiger partial charge in [-0.3, -0.25) is 14.7 Å². The van der Waals surface area contributed by atoms with Crippen LogP contribution in [0.3, 0.4) is 0 Å². The van der Waals surface area contributed by atoms with Gasteiger partial charge in [-0.15, -0.1) is 0 Å². The van der Waals surface area contributed by atoms with Crippen molar-refractivity contribution in [3.05, 3.63) is 30.1 Å². The van der Waals surface area contributed by atoms with E-state index in [0.29, 0.717) is 11.5 Å². The second-order valence-corrected chi connectivity index (χ2v) is 7.63. The number of hydrogen-bond acceptors (Lipinski definition) is 4. The lowest BCUT2D eigenvalue weighted by atomic mass is 9.72. The van der Waals surface area contributed by atoms with Gasteiger partial charge in [-0.1, -0.05) is 0 Å². The fourth-order valence-electron chi connectivity index (χ4n) is 4.63. The summed E-state index contributed by atoms with van der Waals surface area (Å²) in [5.41, 5.74) is 1.04. The van der Waals surface area contributed by atoms with Gasteiger partial charge in [0.15, 0.2) is 0 Å². The van der Waals surface area contributed by atoms with E-state index in [0.717, 1.165) is 51.4 Å². The Morgan fingerprint density at radius 2 is 2.12 bits per heavy atom. The first kappa shape index (κ1) is 16.0. The van der Waals surface area contributed by atoms with Crippen LogP contribution in [0, 0.1) is 5.41 Å². The lowest BCUT2D eigenvalue weighted by Crippen LogP contribution is -2.52. The topological polar surface area (TPSA) is 45.7 Å². The minimum atomic E-state index is 0.147. The van der Waals surface area contributed by atoms with E-state index in [9.17, 15) is 4.79 Å². The molecule has 4 rings (SSSR count). The maximum absolute atomic E-state index is 12.8. The van der Waals surface area contributed by atoms with E-state index in [4.69, 9.17) is 4.74 Å². The summed E-state index contributed by atoms with van der Waals surface area (Å²) in [5, 5.41) is 0. The van der Waals surface area contributed by atoms with Crippen molar-refractivity contribution in [3.63, 3.8) is 0 Å². The van der Waals surface area contributed by atoms with Crippen molar-refractivity contribution < 1.29 is 9.53 Å². The Hall–Kier alpha value is -1.46. The van der Waals surface area contributed by atoms with E-state index < -0.39 is 0 Å². The van der Waals surface area contributed by atoms with Crippen LogP contribution in [0.5, 0.6) is 0 Å². The van der Waals surface area contributed by atoms with Crippen LogP contribution in [0.15, 0.2) is 24.5 Å². The van der Waals surface area contributed by atoms with Gasteiger partial charge in [-0.2, -0.15) is 0 Å². The molecule has 0 saturated carbocycles. The minimum absolute atomic E-state index is 0.147. The Kier molecular flexibility index (Phi) is 4.55. The predicted octanol–water partition coefficient (Wildman–Crippen LogP) is 2.19. The highest BCUT2D eigenvalue weighted by Crippen LogP contribution is 2.41. The number of rotatable bonds is 2. The second-order valence-electron chi connectivity index (χ2n) is 7.63. The van der Waals surface area contributed by atoms with Gasteiger partial charge >= 0.3 is 0 Å².